The van der Waals surface area contributed by atoms with Gasteiger partial charge in [0.1, 0.15) is 5.75 Å². The highest BCUT2D eigenvalue weighted by Crippen LogP contribution is 2.32. The van der Waals surface area contributed by atoms with Crippen LogP contribution in [0.2, 0.25) is 0 Å². The quantitative estimate of drug-likeness (QED) is 0.724. The van der Waals surface area contributed by atoms with Crippen LogP contribution in [0.15, 0.2) is 18.2 Å². The van der Waals surface area contributed by atoms with Crippen molar-refractivity contribution < 1.29 is 4.74 Å². The Hall–Kier alpha value is -1.44. The number of aryl methyl sites for hydroxylation is 2. The van der Waals surface area contributed by atoms with Crippen LogP contribution in [-0.4, -0.2) is 12.1 Å². The Labute approximate surface area is 95.6 Å². The minimum atomic E-state index is 0.963. The predicted octanol–water partition coefficient (Wildman–Crippen LogP) is 3.45. The molecule has 0 atom stereocenters. The molecule has 0 bridgehead atoms. The lowest BCUT2D eigenvalue weighted by atomic mass is 10.1. The minimum absolute atomic E-state index is 0.963. The molecule has 0 aliphatic heterocycles. The van der Waals surface area contributed by atoms with Crippen molar-refractivity contribution in [3.8, 4) is 5.75 Å². The van der Waals surface area contributed by atoms with Gasteiger partial charge in [0.25, 0.3) is 0 Å². The van der Waals surface area contributed by atoms with E-state index < -0.39 is 0 Å². The number of hydrogen-bond acceptors (Lipinski definition) is 1. The minimum Gasteiger partial charge on any atom is -0.495 e. The van der Waals surface area contributed by atoms with Gasteiger partial charge in [-0.2, -0.15) is 0 Å². The van der Waals surface area contributed by atoms with Gasteiger partial charge in [0.05, 0.1) is 12.6 Å². The zero-order valence-electron chi connectivity index (χ0n) is 9.68. The molecule has 0 radical (unpaired) electrons. The summed E-state index contributed by atoms with van der Waals surface area (Å²) >= 11 is 0. The van der Waals surface area contributed by atoms with Crippen LogP contribution >= 0.6 is 0 Å². The number of ether oxygens (including phenoxy) is 1. The molecule has 0 amide bonds. The average Bonchev–Trinajstić information content (AvgIpc) is 2.52. The molecule has 16 heavy (non-hydrogen) atoms. The summed E-state index contributed by atoms with van der Waals surface area (Å²) in [6.45, 7) is 0. The predicted molar refractivity (Wildman–Crippen MR) is 66.1 cm³/mol. The molecule has 0 fully saturated rings. The maximum absolute atomic E-state index is 5.41. The van der Waals surface area contributed by atoms with E-state index in [2.05, 4.69) is 17.1 Å². The Bertz CT molecular complexity index is 513. The molecule has 1 aromatic carbocycles. The Morgan fingerprint density at radius 3 is 2.88 bits per heavy atom. The van der Waals surface area contributed by atoms with Crippen molar-refractivity contribution in [2.75, 3.05) is 7.11 Å². The highest BCUT2D eigenvalue weighted by Gasteiger charge is 2.15. The lowest BCUT2D eigenvalue weighted by Crippen LogP contribution is -1.86. The van der Waals surface area contributed by atoms with E-state index in [0.717, 1.165) is 5.75 Å². The number of rotatable bonds is 1. The molecule has 1 aliphatic rings. The lowest BCUT2D eigenvalue weighted by molar-refractivity contribution is 0.419. The molecule has 0 unspecified atom stereocenters. The monoisotopic (exact) mass is 215 g/mol. The van der Waals surface area contributed by atoms with Crippen molar-refractivity contribution in [2.24, 2.45) is 0 Å². The van der Waals surface area contributed by atoms with E-state index in [-0.39, 0.29) is 0 Å². The zero-order chi connectivity index (χ0) is 11.0. The zero-order valence-corrected chi connectivity index (χ0v) is 9.68. The number of aromatic amines is 1. The molecule has 2 heteroatoms. The SMILES string of the molecule is COc1cccc2c3c([nH]c12)CCCCC3. The second-order valence-corrected chi connectivity index (χ2v) is 4.53. The van der Waals surface area contributed by atoms with Crippen LogP contribution in [0.3, 0.4) is 0 Å². The molecule has 1 aliphatic carbocycles. The highest BCUT2D eigenvalue weighted by molar-refractivity contribution is 5.89. The van der Waals surface area contributed by atoms with Crippen molar-refractivity contribution >= 4 is 10.9 Å². The average molecular weight is 215 g/mol. The maximum Gasteiger partial charge on any atom is 0.142 e. The Kier molecular flexibility index (Phi) is 2.35. The van der Waals surface area contributed by atoms with Crippen LogP contribution in [0.1, 0.15) is 30.5 Å². The van der Waals surface area contributed by atoms with Gasteiger partial charge < -0.3 is 9.72 Å². The molecule has 1 heterocycles. The second-order valence-electron chi connectivity index (χ2n) is 4.53. The molecule has 0 saturated heterocycles. The summed E-state index contributed by atoms with van der Waals surface area (Å²) in [5, 5.41) is 1.36. The first-order valence-corrected chi connectivity index (χ1v) is 6.06. The summed E-state index contributed by atoms with van der Waals surface area (Å²) < 4.78 is 5.41. The highest BCUT2D eigenvalue weighted by atomic mass is 16.5. The third-order valence-corrected chi connectivity index (χ3v) is 3.56. The van der Waals surface area contributed by atoms with Gasteiger partial charge in [-0.05, 0) is 37.3 Å². The number of H-pyrrole nitrogens is 1. The normalized spacial score (nSPS) is 15.8. The third-order valence-electron chi connectivity index (χ3n) is 3.56. The van der Waals surface area contributed by atoms with E-state index in [0.29, 0.717) is 0 Å². The molecule has 1 N–H and O–H groups in total. The van der Waals surface area contributed by atoms with Gasteiger partial charge in [-0.15, -0.1) is 0 Å². The fraction of sp³-hybridized carbons (Fsp3) is 0.429. The Morgan fingerprint density at radius 1 is 1.12 bits per heavy atom. The van der Waals surface area contributed by atoms with Crippen molar-refractivity contribution in [3.05, 3.63) is 29.5 Å². The number of hydrogen-bond donors (Lipinski definition) is 1. The summed E-state index contributed by atoms with van der Waals surface area (Å²) in [7, 11) is 1.74. The van der Waals surface area contributed by atoms with Gasteiger partial charge in [-0.3, -0.25) is 0 Å². The number of aromatic nitrogens is 1. The first-order chi connectivity index (χ1) is 7.90. The maximum atomic E-state index is 5.41. The smallest absolute Gasteiger partial charge is 0.142 e. The number of fused-ring (bicyclic) bond motifs is 3. The molecule has 1 aromatic heterocycles. The lowest BCUT2D eigenvalue weighted by Gasteiger charge is -2.01. The summed E-state index contributed by atoms with van der Waals surface area (Å²) in [5.41, 5.74) is 4.13. The van der Waals surface area contributed by atoms with Crippen molar-refractivity contribution in [1.29, 1.82) is 0 Å². The van der Waals surface area contributed by atoms with Crippen LogP contribution in [0.5, 0.6) is 5.75 Å². The molecular formula is C14H17NO. The molecule has 2 nitrogen and oxygen atoms in total. The Balaban J connectivity index is 2.24. The number of methoxy groups -OCH3 is 1. The van der Waals surface area contributed by atoms with E-state index in [9.17, 15) is 0 Å². The second kappa shape index (κ2) is 3.85. The van der Waals surface area contributed by atoms with E-state index in [4.69, 9.17) is 4.74 Å². The summed E-state index contributed by atoms with van der Waals surface area (Å²) in [6, 6.07) is 6.32. The third kappa shape index (κ3) is 1.41. The molecule has 3 rings (SSSR count). The van der Waals surface area contributed by atoms with Crippen LogP contribution in [0, 0.1) is 0 Å². The molecule has 84 valence electrons. The van der Waals surface area contributed by atoms with Crippen LogP contribution in [0.25, 0.3) is 10.9 Å². The van der Waals surface area contributed by atoms with E-state index in [1.807, 2.05) is 6.07 Å². The van der Waals surface area contributed by atoms with Crippen molar-refractivity contribution in [2.45, 2.75) is 32.1 Å². The fourth-order valence-corrected chi connectivity index (χ4v) is 2.75. The molecular weight excluding hydrogens is 198 g/mol. The van der Waals surface area contributed by atoms with Gasteiger partial charge in [-0.1, -0.05) is 18.6 Å². The molecule has 0 saturated carbocycles. The summed E-state index contributed by atoms with van der Waals surface area (Å²) in [5.74, 6) is 0.963. The van der Waals surface area contributed by atoms with E-state index in [1.165, 1.54) is 54.3 Å². The van der Waals surface area contributed by atoms with Gasteiger partial charge in [0.2, 0.25) is 0 Å². The van der Waals surface area contributed by atoms with Crippen LogP contribution in [0.4, 0.5) is 0 Å². The standard InChI is InChI=1S/C14H17NO/c1-16-13-9-5-7-11-10-6-3-2-4-8-12(10)15-14(11)13/h5,7,9,15H,2-4,6,8H2,1H3. The van der Waals surface area contributed by atoms with Crippen molar-refractivity contribution in [1.82, 2.24) is 4.98 Å². The van der Waals surface area contributed by atoms with Crippen LogP contribution < -0.4 is 4.74 Å². The first-order valence-electron chi connectivity index (χ1n) is 6.06. The fourth-order valence-electron chi connectivity index (χ4n) is 2.75. The Morgan fingerprint density at radius 2 is 2.00 bits per heavy atom. The molecule has 0 spiro atoms. The van der Waals surface area contributed by atoms with Gasteiger partial charge >= 0.3 is 0 Å². The van der Waals surface area contributed by atoms with Gasteiger partial charge in [-0.25, -0.2) is 0 Å². The number of benzene rings is 1. The number of nitrogens with one attached hydrogen (secondary N) is 1. The van der Waals surface area contributed by atoms with Crippen molar-refractivity contribution in [3.63, 3.8) is 0 Å². The van der Waals surface area contributed by atoms with E-state index >= 15 is 0 Å². The van der Waals surface area contributed by atoms with E-state index in [1.54, 1.807) is 7.11 Å². The van der Waals surface area contributed by atoms with Gasteiger partial charge in [0.15, 0.2) is 0 Å². The van der Waals surface area contributed by atoms with Gasteiger partial charge in [0, 0.05) is 11.1 Å². The largest absolute Gasteiger partial charge is 0.495 e. The van der Waals surface area contributed by atoms with Crippen LogP contribution in [-0.2, 0) is 12.8 Å². The number of para-hydroxylation sites is 1. The first kappa shape index (κ1) is 9.76. The topological polar surface area (TPSA) is 25.0 Å². The summed E-state index contributed by atoms with van der Waals surface area (Å²) in [4.78, 5) is 3.55. The summed E-state index contributed by atoms with van der Waals surface area (Å²) in [6.07, 6.45) is 6.38. The molecule has 2 aromatic rings.